The van der Waals surface area contributed by atoms with Crippen molar-refractivity contribution in [3.63, 3.8) is 0 Å². The predicted octanol–water partition coefficient (Wildman–Crippen LogP) is 2.39. The van der Waals surface area contributed by atoms with Crippen molar-refractivity contribution >= 4 is 23.5 Å². The molecule has 0 heterocycles. The van der Waals surface area contributed by atoms with Crippen molar-refractivity contribution in [1.29, 1.82) is 0 Å². The molecule has 0 aliphatic carbocycles. The second-order valence-corrected chi connectivity index (χ2v) is 4.70. The molecule has 0 bridgehead atoms. The fourth-order valence-corrected chi connectivity index (χ4v) is 1.98. The van der Waals surface area contributed by atoms with E-state index in [-0.39, 0.29) is 5.78 Å². The molecule has 4 N–H and O–H groups in total. The summed E-state index contributed by atoms with van der Waals surface area (Å²) in [6.45, 7) is 1.61. The molecule has 4 heteroatoms. The van der Waals surface area contributed by atoms with Crippen LogP contribution in [0.25, 0.3) is 6.08 Å². The van der Waals surface area contributed by atoms with Crippen LogP contribution in [0, 0.1) is 0 Å². The first-order chi connectivity index (χ1) is 10.0. The highest BCUT2D eigenvalue weighted by Gasteiger charge is 2.14. The first kappa shape index (κ1) is 14.5. The number of benzene rings is 2. The lowest BCUT2D eigenvalue weighted by atomic mass is 9.96. The highest BCUT2D eigenvalue weighted by Crippen LogP contribution is 2.20. The van der Waals surface area contributed by atoms with Gasteiger partial charge in [0, 0.05) is 22.4 Å². The minimum absolute atomic E-state index is 0.183. The first-order valence-corrected chi connectivity index (χ1v) is 6.47. The molecule has 0 aliphatic rings. The third-order valence-electron chi connectivity index (χ3n) is 3.17. The Kier molecular flexibility index (Phi) is 4.18. The molecule has 0 spiro atoms. The van der Waals surface area contributed by atoms with Gasteiger partial charge in [0.15, 0.2) is 5.78 Å². The van der Waals surface area contributed by atoms with Crippen molar-refractivity contribution < 1.29 is 9.59 Å². The molecule has 2 aromatic carbocycles. The number of nitrogen functional groups attached to an aromatic ring is 1. The molecule has 0 unspecified atom stereocenters. The van der Waals surface area contributed by atoms with Gasteiger partial charge in [-0.25, -0.2) is 0 Å². The van der Waals surface area contributed by atoms with Crippen LogP contribution in [0.5, 0.6) is 0 Å². The summed E-state index contributed by atoms with van der Waals surface area (Å²) in [5.41, 5.74) is 13.5. The monoisotopic (exact) mass is 280 g/mol. The molecule has 0 saturated carbocycles. The van der Waals surface area contributed by atoms with Crippen molar-refractivity contribution in [1.82, 2.24) is 0 Å². The third-order valence-corrected chi connectivity index (χ3v) is 3.17. The molecule has 4 nitrogen and oxygen atoms in total. The van der Waals surface area contributed by atoms with Crippen LogP contribution >= 0.6 is 0 Å². The molecule has 2 rings (SSSR count). The van der Waals surface area contributed by atoms with E-state index in [1.54, 1.807) is 61.5 Å². The molecule has 1 amide bonds. The minimum Gasteiger partial charge on any atom is -0.398 e. The van der Waals surface area contributed by atoms with Gasteiger partial charge in [0.1, 0.15) is 0 Å². The van der Waals surface area contributed by atoms with Crippen LogP contribution in [0.4, 0.5) is 5.69 Å². The molecule has 0 aromatic heterocycles. The summed E-state index contributed by atoms with van der Waals surface area (Å²) >= 11 is 0. The summed E-state index contributed by atoms with van der Waals surface area (Å²) in [6.07, 6.45) is 1.61. The Balaban J connectivity index is 2.51. The van der Waals surface area contributed by atoms with E-state index in [4.69, 9.17) is 11.5 Å². The Morgan fingerprint density at radius 1 is 0.952 bits per heavy atom. The lowest BCUT2D eigenvalue weighted by Crippen LogP contribution is -2.12. The van der Waals surface area contributed by atoms with E-state index in [0.717, 1.165) is 0 Å². The van der Waals surface area contributed by atoms with Gasteiger partial charge >= 0.3 is 0 Å². The average Bonchev–Trinajstić information content (AvgIpc) is 2.47. The number of para-hydroxylation sites is 1. The van der Waals surface area contributed by atoms with Gasteiger partial charge in [-0.15, -0.1) is 0 Å². The van der Waals surface area contributed by atoms with Gasteiger partial charge in [-0.2, -0.15) is 0 Å². The lowest BCUT2D eigenvalue weighted by molar-refractivity contribution is -0.114. The van der Waals surface area contributed by atoms with Crippen LogP contribution < -0.4 is 11.5 Å². The van der Waals surface area contributed by atoms with E-state index in [1.807, 2.05) is 0 Å². The highest BCUT2D eigenvalue weighted by molar-refractivity contribution is 6.14. The Hall–Kier alpha value is -2.88. The number of anilines is 1. The van der Waals surface area contributed by atoms with E-state index in [9.17, 15) is 9.59 Å². The number of hydrogen-bond donors (Lipinski definition) is 2. The SMILES string of the molecule is CC(=Cc1ccccc1C(=O)c1ccccc1N)C(N)=O. The number of carbonyl (C=O) groups is 2. The zero-order valence-corrected chi connectivity index (χ0v) is 11.7. The maximum Gasteiger partial charge on any atom is 0.244 e. The van der Waals surface area contributed by atoms with Crippen LogP contribution in [0.2, 0.25) is 0 Å². The quantitative estimate of drug-likeness (QED) is 0.512. The second kappa shape index (κ2) is 6.05. The van der Waals surface area contributed by atoms with Crippen molar-refractivity contribution in [2.75, 3.05) is 5.73 Å². The van der Waals surface area contributed by atoms with E-state index >= 15 is 0 Å². The zero-order valence-electron chi connectivity index (χ0n) is 11.7. The smallest absolute Gasteiger partial charge is 0.244 e. The number of rotatable bonds is 4. The standard InChI is InChI=1S/C17H16N2O2/c1-11(17(19)21)10-12-6-2-3-7-13(12)16(20)14-8-4-5-9-15(14)18/h2-10H,18H2,1H3,(H2,19,21). The number of nitrogens with two attached hydrogens (primary N) is 2. The molecule has 0 radical (unpaired) electrons. The Morgan fingerprint density at radius 3 is 2.14 bits per heavy atom. The van der Waals surface area contributed by atoms with Gasteiger partial charge in [-0.05, 0) is 30.7 Å². The fourth-order valence-electron chi connectivity index (χ4n) is 1.98. The summed E-state index contributed by atoms with van der Waals surface area (Å²) in [4.78, 5) is 23.8. The van der Waals surface area contributed by atoms with Gasteiger partial charge in [-0.3, -0.25) is 9.59 Å². The molecular weight excluding hydrogens is 264 g/mol. The second-order valence-electron chi connectivity index (χ2n) is 4.70. The van der Waals surface area contributed by atoms with Gasteiger partial charge < -0.3 is 11.5 Å². The summed E-state index contributed by atoms with van der Waals surface area (Å²) in [6, 6.07) is 13.9. The molecule has 0 fully saturated rings. The fraction of sp³-hybridized carbons (Fsp3) is 0.0588. The molecule has 0 aliphatic heterocycles. The highest BCUT2D eigenvalue weighted by atomic mass is 16.1. The van der Waals surface area contributed by atoms with E-state index < -0.39 is 5.91 Å². The van der Waals surface area contributed by atoms with Crippen LogP contribution in [-0.2, 0) is 4.79 Å². The maximum absolute atomic E-state index is 12.6. The van der Waals surface area contributed by atoms with Gasteiger partial charge in [-0.1, -0.05) is 36.4 Å². The Labute approximate surface area is 123 Å². The minimum atomic E-state index is -0.517. The average molecular weight is 280 g/mol. The summed E-state index contributed by atoms with van der Waals surface area (Å²) < 4.78 is 0. The largest absolute Gasteiger partial charge is 0.398 e. The molecule has 0 saturated heterocycles. The van der Waals surface area contributed by atoms with E-state index in [1.165, 1.54) is 0 Å². The number of hydrogen-bond acceptors (Lipinski definition) is 3. The number of primary amides is 1. The number of amides is 1. The number of carbonyl (C=O) groups excluding carboxylic acids is 2. The topological polar surface area (TPSA) is 86.2 Å². The first-order valence-electron chi connectivity index (χ1n) is 6.47. The lowest BCUT2D eigenvalue weighted by Gasteiger charge is -2.08. The molecule has 0 atom stereocenters. The van der Waals surface area contributed by atoms with Crippen molar-refractivity contribution in [2.24, 2.45) is 5.73 Å². The van der Waals surface area contributed by atoms with Crippen LogP contribution in [0.3, 0.4) is 0 Å². The van der Waals surface area contributed by atoms with Gasteiger partial charge in [0.2, 0.25) is 5.91 Å². The number of ketones is 1. The Bertz CT molecular complexity index is 733. The molecule has 106 valence electrons. The predicted molar refractivity (Wildman–Crippen MR) is 83.6 cm³/mol. The summed E-state index contributed by atoms with van der Waals surface area (Å²) in [5.74, 6) is -0.700. The molecular formula is C17H16N2O2. The van der Waals surface area contributed by atoms with Gasteiger partial charge in [0.25, 0.3) is 0 Å². The van der Waals surface area contributed by atoms with Crippen molar-refractivity contribution in [3.05, 3.63) is 70.8 Å². The van der Waals surface area contributed by atoms with Crippen molar-refractivity contribution in [2.45, 2.75) is 6.92 Å². The normalized spacial score (nSPS) is 11.2. The maximum atomic E-state index is 12.6. The van der Waals surface area contributed by atoms with E-state index in [0.29, 0.717) is 28.0 Å². The van der Waals surface area contributed by atoms with Crippen LogP contribution in [0.1, 0.15) is 28.4 Å². The Morgan fingerprint density at radius 2 is 1.52 bits per heavy atom. The van der Waals surface area contributed by atoms with E-state index in [2.05, 4.69) is 0 Å². The van der Waals surface area contributed by atoms with Crippen LogP contribution in [-0.4, -0.2) is 11.7 Å². The summed E-state index contributed by atoms with van der Waals surface area (Å²) in [7, 11) is 0. The zero-order chi connectivity index (χ0) is 15.4. The molecule has 21 heavy (non-hydrogen) atoms. The van der Waals surface area contributed by atoms with Crippen LogP contribution in [0.15, 0.2) is 54.1 Å². The van der Waals surface area contributed by atoms with Gasteiger partial charge in [0.05, 0.1) is 0 Å². The third kappa shape index (κ3) is 3.17. The summed E-state index contributed by atoms with van der Waals surface area (Å²) in [5, 5.41) is 0. The molecule has 2 aromatic rings. The van der Waals surface area contributed by atoms with Crippen molar-refractivity contribution in [3.8, 4) is 0 Å².